The van der Waals surface area contributed by atoms with Crippen LogP contribution >= 0.6 is 11.3 Å². The van der Waals surface area contributed by atoms with Crippen LogP contribution < -0.4 is 0 Å². The normalized spacial score (nSPS) is 20.0. The first-order valence-corrected chi connectivity index (χ1v) is 7.62. The van der Waals surface area contributed by atoms with Crippen molar-refractivity contribution in [2.75, 3.05) is 26.8 Å². The lowest BCUT2D eigenvalue weighted by Crippen LogP contribution is -2.38. The van der Waals surface area contributed by atoms with Crippen LogP contribution in [0.4, 0.5) is 0 Å². The molecule has 0 spiro atoms. The Morgan fingerprint density at radius 2 is 2.47 bits per heavy atom. The Morgan fingerprint density at radius 1 is 1.58 bits per heavy atom. The van der Waals surface area contributed by atoms with Crippen molar-refractivity contribution >= 4 is 11.3 Å². The molecular formula is C15H21NO2S. The van der Waals surface area contributed by atoms with Gasteiger partial charge in [-0.3, -0.25) is 4.90 Å². The average Bonchev–Trinajstić information content (AvgIpc) is 2.87. The third-order valence-corrected chi connectivity index (χ3v) is 4.22. The standard InChI is InChI=1S/C15H21NO2S/c1-18-14-6-4-7-16(10-14)11-15-9-13(12-19-15)5-2-3-8-17/h9,12,14,17H,3-4,6-8,10-11H2,1H3. The summed E-state index contributed by atoms with van der Waals surface area (Å²) in [5.74, 6) is 6.04. The molecule has 3 nitrogen and oxygen atoms in total. The second-order valence-electron chi connectivity index (χ2n) is 4.81. The minimum atomic E-state index is 0.135. The molecule has 1 unspecified atom stereocenters. The predicted octanol–water partition coefficient (Wildman–Crippen LogP) is 2.09. The van der Waals surface area contributed by atoms with Crippen molar-refractivity contribution in [3.63, 3.8) is 0 Å². The van der Waals surface area contributed by atoms with E-state index >= 15 is 0 Å². The molecule has 0 aliphatic carbocycles. The molecular weight excluding hydrogens is 258 g/mol. The summed E-state index contributed by atoms with van der Waals surface area (Å²) >= 11 is 1.76. The average molecular weight is 279 g/mol. The molecule has 1 aliphatic rings. The van der Waals surface area contributed by atoms with E-state index in [1.165, 1.54) is 17.7 Å². The molecule has 104 valence electrons. The van der Waals surface area contributed by atoms with E-state index in [-0.39, 0.29) is 6.61 Å². The molecule has 4 heteroatoms. The van der Waals surface area contributed by atoms with Crippen molar-refractivity contribution in [2.24, 2.45) is 0 Å². The van der Waals surface area contributed by atoms with Crippen molar-refractivity contribution in [1.82, 2.24) is 4.90 Å². The molecule has 2 heterocycles. The van der Waals surface area contributed by atoms with E-state index in [1.54, 1.807) is 18.4 Å². The SMILES string of the molecule is COC1CCCN(Cc2cc(C#CCCO)cs2)C1. The number of ether oxygens (including phenoxy) is 1. The zero-order valence-corrected chi connectivity index (χ0v) is 12.2. The highest BCUT2D eigenvalue weighted by atomic mass is 32.1. The number of rotatable bonds is 4. The predicted molar refractivity (Wildman–Crippen MR) is 78.2 cm³/mol. The number of aliphatic hydroxyl groups excluding tert-OH is 1. The summed E-state index contributed by atoms with van der Waals surface area (Å²) in [6.45, 7) is 3.31. The zero-order valence-electron chi connectivity index (χ0n) is 11.4. The second-order valence-corrected chi connectivity index (χ2v) is 5.81. The first-order chi connectivity index (χ1) is 9.31. The fourth-order valence-electron chi connectivity index (χ4n) is 2.32. The topological polar surface area (TPSA) is 32.7 Å². The number of piperidine rings is 1. The van der Waals surface area contributed by atoms with Crippen LogP contribution in [0.25, 0.3) is 0 Å². The van der Waals surface area contributed by atoms with Gasteiger partial charge in [0.2, 0.25) is 0 Å². The molecule has 0 aromatic carbocycles. The van der Waals surface area contributed by atoms with Crippen LogP contribution in [0.15, 0.2) is 11.4 Å². The van der Waals surface area contributed by atoms with Crippen LogP contribution in [0.5, 0.6) is 0 Å². The van der Waals surface area contributed by atoms with Gasteiger partial charge in [-0.05, 0) is 25.5 Å². The molecule has 1 aromatic rings. The fraction of sp³-hybridized carbons (Fsp3) is 0.600. The van der Waals surface area contributed by atoms with Gasteiger partial charge in [0.15, 0.2) is 0 Å². The molecule has 1 saturated heterocycles. The van der Waals surface area contributed by atoms with Gasteiger partial charge in [0.25, 0.3) is 0 Å². The number of thiophene rings is 1. The lowest BCUT2D eigenvalue weighted by atomic mass is 10.1. The number of methoxy groups -OCH3 is 1. The summed E-state index contributed by atoms with van der Waals surface area (Å²) in [4.78, 5) is 3.80. The zero-order chi connectivity index (χ0) is 13.5. The highest BCUT2D eigenvalue weighted by molar-refractivity contribution is 7.10. The fourth-order valence-corrected chi connectivity index (χ4v) is 3.18. The minimum absolute atomic E-state index is 0.135. The van der Waals surface area contributed by atoms with Crippen LogP contribution in [-0.4, -0.2) is 42.9 Å². The summed E-state index contributed by atoms with van der Waals surface area (Å²) in [5, 5.41) is 10.8. The van der Waals surface area contributed by atoms with Crippen molar-refractivity contribution in [3.05, 3.63) is 21.9 Å². The number of hydrogen-bond acceptors (Lipinski definition) is 4. The van der Waals surface area contributed by atoms with Crippen LogP contribution in [-0.2, 0) is 11.3 Å². The molecule has 1 fully saturated rings. The molecule has 1 aliphatic heterocycles. The van der Waals surface area contributed by atoms with E-state index in [0.717, 1.165) is 25.2 Å². The molecule has 19 heavy (non-hydrogen) atoms. The molecule has 1 N–H and O–H groups in total. The van der Waals surface area contributed by atoms with Crippen LogP contribution in [0.3, 0.4) is 0 Å². The van der Waals surface area contributed by atoms with Gasteiger partial charge in [0, 0.05) is 42.4 Å². The first-order valence-electron chi connectivity index (χ1n) is 6.74. The highest BCUT2D eigenvalue weighted by Gasteiger charge is 2.19. The third kappa shape index (κ3) is 4.63. The summed E-state index contributed by atoms with van der Waals surface area (Å²) in [6.07, 6.45) is 3.33. The Hall–Kier alpha value is -0.860. The smallest absolute Gasteiger partial charge is 0.0698 e. The highest BCUT2D eigenvalue weighted by Crippen LogP contribution is 2.20. The van der Waals surface area contributed by atoms with Gasteiger partial charge in [-0.25, -0.2) is 0 Å². The maximum Gasteiger partial charge on any atom is 0.0698 e. The largest absolute Gasteiger partial charge is 0.395 e. The van der Waals surface area contributed by atoms with Crippen LogP contribution in [0, 0.1) is 11.8 Å². The van der Waals surface area contributed by atoms with Gasteiger partial charge in [-0.1, -0.05) is 11.8 Å². The summed E-state index contributed by atoms with van der Waals surface area (Å²) in [7, 11) is 1.80. The molecule has 0 bridgehead atoms. The molecule has 0 radical (unpaired) electrons. The Labute approximate surface area is 119 Å². The minimum Gasteiger partial charge on any atom is -0.395 e. The monoisotopic (exact) mass is 279 g/mol. The van der Waals surface area contributed by atoms with Crippen molar-refractivity contribution in [3.8, 4) is 11.8 Å². The van der Waals surface area contributed by atoms with E-state index in [2.05, 4.69) is 28.2 Å². The summed E-state index contributed by atoms with van der Waals surface area (Å²) in [5.41, 5.74) is 1.06. The van der Waals surface area contributed by atoms with Gasteiger partial charge in [0.05, 0.1) is 12.7 Å². The number of hydrogen-bond donors (Lipinski definition) is 1. The van der Waals surface area contributed by atoms with Crippen LogP contribution in [0.2, 0.25) is 0 Å². The molecule has 0 amide bonds. The maximum absolute atomic E-state index is 8.70. The van der Waals surface area contributed by atoms with Crippen molar-refractivity contribution < 1.29 is 9.84 Å². The van der Waals surface area contributed by atoms with E-state index in [9.17, 15) is 0 Å². The second kappa shape index (κ2) is 7.66. The van der Waals surface area contributed by atoms with Gasteiger partial charge >= 0.3 is 0 Å². The van der Waals surface area contributed by atoms with Crippen molar-refractivity contribution in [2.45, 2.75) is 31.9 Å². The number of aliphatic hydroxyl groups is 1. The van der Waals surface area contributed by atoms with Crippen LogP contribution in [0.1, 0.15) is 29.7 Å². The van der Waals surface area contributed by atoms with E-state index in [0.29, 0.717) is 12.5 Å². The van der Waals surface area contributed by atoms with E-state index in [1.807, 2.05) is 0 Å². The maximum atomic E-state index is 8.70. The van der Waals surface area contributed by atoms with Gasteiger partial charge in [-0.2, -0.15) is 0 Å². The Kier molecular flexibility index (Phi) is 5.87. The quantitative estimate of drug-likeness (QED) is 0.857. The van der Waals surface area contributed by atoms with Crippen molar-refractivity contribution in [1.29, 1.82) is 0 Å². The molecule has 1 aromatic heterocycles. The van der Waals surface area contributed by atoms with E-state index in [4.69, 9.17) is 9.84 Å². The number of likely N-dealkylation sites (tertiary alicyclic amines) is 1. The first kappa shape index (κ1) is 14.5. The lowest BCUT2D eigenvalue weighted by molar-refractivity contribution is 0.0289. The van der Waals surface area contributed by atoms with Gasteiger partial charge in [-0.15, -0.1) is 11.3 Å². The molecule has 2 rings (SSSR count). The summed E-state index contributed by atoms with van der Waals surface area (Å²) < 4.78 is 5.45. The number of nitrogens with zero attached hydrogens (tertiary/aromatic N) is 1. The third-order valence-electron chi connectivity index (χ3n) is 3.30. The Bertz CT molecular complexity index is 446. The lowest BCUT2D eigenvalue weighted by Gasteiger charge is -2.31. The molecule has 1 atom stereocenters. The molecule has 0 saturated carbocycles. The Balaban J connectivity index is 1.87. The Morgan fingerprint density at radius 3 is 3.26 bits per heavy atom. The van der Waals surface area contributed by atoms with Gasteiger partial charge in [0.1, 0.15) is 0 Å². The summed E-state index contributed by atoms with van der Waals surface area (Å²) in [6, 6.07) is 2.16. The van der Waals surface area contributed by atoms with Gasteiger partial charge < -0.3 is 9.84 Å². The van der Waals surface area contributed by atoms with E-state index < -0.39 is 0 Å².